The van der Waals surface area contributed by atoms with Gasteiger partial charge in [-0.15, -0.1) is 0 Å². The lowest BCUT2D eigenvalue weighted by Gasteiger charge is -2.18. The molecule has 0 aliphatic heterocycles. The highest BCUT2D eigenvalue weighted by molar-refractivity contribution is 6.02. The number of phenols is 1. The molecule has 0 amide bonds. The lowest BCUT2D eigenvalue weighted by atomic mass is 10.1. The van der Waals surface area contributed by atoms with Gasteiger partial charge in [0.05, 0.1) is 33.8 Å². The van der Waals surface area contributed by atoms with Crippen molar-refractivity contribution in [2.45, 2.75) is 0 Å². The minimum absolute atomic E-state index is 0.0913. The molecule has 0 aliphatic carbocycles. The molecule has 0 unspecified atom stereocenters. The number of phenolic OH excluding ortho intramolecular Hbond substituents is 1. The lowest BCUT2D eigenvalue weighted by molar-refractivity contribution is 0.309. The van der Waals surface area contributed by atoms with E-state index in [1.54, 1.807) is 12.1 Å². The highest BCUT2D eigenvalue weighted by Crippen LogP contribution is 2.52. The first-order valence-electron chi connectivity index (χ1n) is 5.67. The number of ether oxygens (including phenoxy) is 4. The molecule has 0 bridgehead atoms. The van der Waals surface area contributed by atoms with E-state index in [9.17, 15) is 5.11 Å². The van der Waals surface area contributed by atoms with Crippen LogP contribution in [-0.4, -0.2) is 33.5 Å². The van der Waals surface area contributed by atoms with Crippen LogP contribution in [0.4, 0.5) is 0 Å². The largest absolute Gasteiger partial charge is 0.507 e. The fourth-order valence-electron chi connectivity index (χ4n) is 2.18. The quantitative estimate of drug-likeness (QED) is 0.919. The van der Waals surface area contributed by atoms with Crippen molar-refractivity contribution in [2.24, 2.45) is 0 Å². The van der Waals surface area contributed by atoms with E-state index in [0.29, 0.717) is 33.8 Å². The van der Waals surface area contributed by atoms with E-state index in [-0.39, 0.29) is 5.75 Å². The second kappa shape index (κ2) is 5.14. The summed E-state index contributed by atoms with van der Waals surface area (Å²) in [5, 5.41) is 11.3. The summed E-state index contributed by atoms with van der Waals surface area (Å²) in [4.78, 5) is 0. The van der Waals surface area contributed by atoms with E-state index < -0.39 is 0 Å². The Balaban J connectivity index is 3.02. The third-order valence-corrected chi connectivity index (χ3v) is 2.95. The molecule has 0 heterocycles. The van der Waals surface area contributed by atoms with Crippen LogP contribution in [0.2, 0.25) is 0 Å². The molecule has 0 atom stereocenters. The maximum Gasteiger partial charge on any atom is 0.208 e. The van der Waals surface area contributed by atoms with Crippen molar-refractivity contribution in [3.63, 3.8) is 0 Å². The van der Waals surface area contributed by atoms with Gasteiger partial charge in [-0.3, -0.25) is 0 Å². The summed E-state index contributed by atoms with van der Waals surface area (Å²) in [5.41, 5.74) is 0. The van der Waals surface area contributed by atoms with Crippen LogP contribution in [0.15, 0.2) is 18.2 Å². The van der Waals surface area contributed by atoms with Crippen molar-refractivity contribution in [3.8, 4) is 28.7 Å². The summed E-state index contributed by atoms with van der Waals surface area (Å²) in [5.74, 6) is 1.81. The van der Waals surface area contributed by atoms with Crippen LogP contribution in [0.25, 0.3) is 10.8 Å². The van der Waals surface area contributed by atoms with Crippen LogP contribution in [0.5, 0.6) is 28.7 Å². The maximum atomic E-state index is 10.1. The summed E-state index contributed by atoms with van der Waals surface area (Å²) in [6.45, 7) is 0. The first kappa shape index (κ1) is 13.1. The Morgan fingerprint density at radius 1 is 0.737 bits per heavy atom. The van der Waals surface area contributed by atoms with Gasteiger partial charge in [0.25, 0.3) is 0 Å². The van der Waals surface area contributed by atoms with Crippen molar-refractivity contribution in [2.75, 3.05) is 28.4 Å². The molecular formula is C14H16O5. The highest BCUT2D eigenvalue weighted by Gasteiger charge is 2.24. The second-order valence-corrected chi connectivity index (χ2v) is 3.83. The predicted octanol–water partition coefficient (Wildman–Crippen LogP) is 2.58. The van der Waals surface area contributed by atoms with Crippen LogP contribution in [-0.2, 0) is 0 Å². The standard InChI is InChI=1S/C14H16O5/c1-16-11-8-6-5-7-9(15)10(8)12(17-2)14(19-4)13(11)18-3/h5-7,15H,1-4H3. The van der Waals surface area contributed by atoms with E-state index in [1.165, 1.54) is 28.4 Å². The Bertz CT molecular complexity index is 607. The molecule has 0 fully saturated rings. The van der Waals surface area contributed by atoms with Crippen LogP contribution in [0, 0.1) is 0 Å². The van der Waals surface area contributed by atoms with E-state index >= 15 is 0 Å². The zero-order valence-corrected chi connectivity index (χ0v) is 11.3. The van der Waals surface area contributed by atoms with Crippen molar-refractivity contribution >= 4 is 10.8 Å². The van der Waals surface area contributed by atoms with Gasteiger partial charge in [-0.2, -0.15) is 0 Å². The number of hydrogen-bond donors (Lipinski definition) is 1. The average Bonchev–Trinajstić information content (AvgIpc) is 2.44. The lowest BCUT2D eigenvalue weighted by Crippen LogP contribution is -1.99. The van der Waals surface area contributed by atoms with E-state index in [0.717, 1.165) is 0 Å². The van der Waals surface area contributed by atoms with Crippen molar-refractivity contribution in [1.29, 1.82) is 0 Å². The van der Waals surface area contributed by atoms with Gasteiger partial charge in [0.2, 0.25) is 11.5 Å². The molecule has 19 heavy (non-hydrogen) atoms. The summed E-state index contributed by atoms with van der Waals surface area (Å²) < 4.78 is 21.4. The van der Waals surface area contributed by atoms with Crippen LogP contribution in [0.1, 0.15) is 0 Å². The molecule has 0 radical (unpaired) electrons. The van der Waals surface area contributed by atoms with Crippen molar-refractivity contribution in [1.82, 2.24) is 0 Å². The van der Waals surface area contributed by atoms with Crippen LogP contribution in [0.3, 0.4) is 0 Å². The van der Waals surface area contributed by atoms with E-state index in [1.807, 2.05) is 6.07 Å². The summed E-state index contributed by atoms with van der Waals surface area (Å²) >= 11 is 0. The molecule has 0 aliphatic rings. The van der Waals surface area contributed by atoms with Crippen LogP contribution < -0.4 is 18.9 Å². The normalized spacial score (nSPS) is 10.3. The number of fused-ring (bicyclic) bond motifs is 1. The molecule has 2 aromatic rings. The number of aromatic hydroxyl groups is 1. The molecule has 2 aromatic carbocycles. The molecule has 5 heteroatoms. The Labute approximate surface area is 111 Å². The van der Waals surface area contributed by atoms with Crippen molar-refractivity contribution < 1.29 is 24.1 Å². The first-order chi connectivity index (χ1) is 9.19. The Morgan fingerprint density at radius 3 is 1.79 bits per heavy atom. The zero-order valence-electron chi connectivity index (χ0n) is 11.3. The third-order valence-electron chi connectivity index (χ3n) is 2.95. The Kier molecular flexibility index (Phi) is 3.55. The summed E-state index contributed by atoms with van der Waals surface area (Å²) in [6.07, 6.45) is 0. The Morgan fingerprint density at radius 2 is 1.26 bits per heavy atom. The molecule has 1 N–H and O–H groups in total. The average molecular weight is 264 g/mol. The number of rotatable bonds is 4. The highest BCUT2D eigenvalue weighted by atomic mass is 16.5. The van der Waals surface area contributed by atoms with E-state index in [4.69, 9.17) is 18.9 Å². The van der Waals surface area contributed by atoms with Gasteiger partial charge < -0.3 is 24.1 Å². The molecule has 2 rings (SSSR count). The fourth-order valence-corrected chi connectivity index (χ4v) is 2.18. The van der Waals surface area contributed by atoms with Crippen molar-refractivity contribution in [3.05, 3.63) is 18.2 Å². The van der Waals surface area contributed by atoms with Gasteiger partial charge in [-0.05, 0) is 6.07 Å². The minimum atomic E-state index is 0.0913. The smallest absolute Gasteiger partial charge is 0.208 e. The molecular weight excluding hydrogens is 248 g/mol. The zero-order chi connectivity index (χ0) is 14.0. The summed E-state index contributed by atoms with van der Waals surface area (Å²) in [7, 11) is 6.07. The molecule has 0 saturated carbocycles. The Hall–Kier alpha value is -2.30. The minimum Gasteiger partial charge on any atom is -0.507 e. The SMILES string of the molecule is COc1c(OC)c(OC)c2c(O)cccc2c1OC. The first-order valence-corrected chi connectivity index (χ1v) is 5.67. The molecule has 102 valence electrons. The second-order valence-electron chi connectivity index (χ2n) is 3.83. The monoisotopic (exact) mass is 264 g/mol. The van der Waals surface area contributed by atoms with Gasteiger partial charge in [0.15, 0.2) is 11.5 Å². The molecule has 0 aromatic heterocycles. The topological polar surface area (TPSA) is 57.2 Å². The van der Waals surface area contributed by atoms with Gasteiger partial charge in [0, 0.05) is 5.39 Å². The number of methoxy groups -OCH3 is 4. The number of benzene rings is 2. The third kappa shape index (κ3) is 1.87. The van der Waals surface area contributed by atoms with E-state index in [2.05, 4.69) is 0 Å². The molecule has 5 nitrogen and oxygen atoms in total. The predicted molar refractivity (Wildman–Crippen MR) is 71.8 cm³/mol. The van der Waals surface area contributed by atoms with Crippen LogP contribution >= 0.6 is 0 Å². The molecule has 0 saturated heterocycles. The molecule has 0 spiro atoms. The van der Waals surface area contributed by atoms with Gasteiger partial charge in [-0.1, -0.05) is 12.1 Å². The van der Waals surface area contributed by atoms with Gasteiger partial charge in [-0.25, -0.2) is 0 Å². The van der Waals surface area contributed by atoms with Gasteiger partial charge >= 0.3 is 0 Å². The summed E-state index contributed by atoms with van der Waals surface area (Å²) in [6, 6.07) is 5.13. The van der Waals surface area contributed by atoms with Gasteiger partial charge in [0.1, 0.15) is 5.75 Å². The fraction of sp³-hybridized carbons (Fsp3) is 0.286. The maximum absolute atomic E-state index is 10.1. The number of hydrogen-bond acceptors (Lipinski definition) is 5.